The predicted octanol–water partition coefficient (Wildman–Crippen LogP) is -0.819. The van der Waals surface area contributed by atoms with Gasteiger partial charge >= 0.3 is 23.1 Å². The quantitative estimate of drug-likeness (QED) is 0.179. The van der Waals surface area contributed by atoms with E-state index in [2.05, 4.69) is 19.9 Å². The Balaban J connectivity index is -0.000000605. The molecule has 14 heavy (non-hydrogen) atoms. The molecule has 0 saturated carbocycles. The minimum Gasteiger partial charge on any atom is -1.00 e. The molecule has 0 unspecified atom stereocenters. The van der Waals surface area contributed by atoms with E-state index in [1.807, 2.05) is 6.08 Å². The van der Waals surface area contributed by atoms with Crippen molar-refractivity contribution in [2.45, 2.75) is 26.2 Å². The molecule has 0 atom stereocenters. The van der Waals surface area contributed by atoms with Crippen LogP contribution >= 0.6 is 0 Å². The van der Waals surface area contributed by atoms with Gasteiger partial charge in [0.1, 0.15) is 6.79 Å². The largest absolute Gasteiger partial charge is 2.00 e. The van der Waals surface area contributed by atoms with Crippen LogP contribution in [0.4, 0.5) is 0 Å². The van der Waals surface area contributed by atoms with Crippen molar-refractivity contribution in [1.29, 1.82) is 0 Å². The van der Waals surface area contributed by atoms with Crippen LogP contribution < -0.4 is 12.4 Å². The van der Waals surface area contributed by atoms with Gasteiger partial charge in [0, 0.05) is 6.61 Å². The zero-order valence-electron chi connectivity index (χ0n) is 9.01. The Hall–Kier alpha value is 0.716. The number of allylic oxidation sites excluding steroid dienone is 1. The average Bonchev–Trinajstić information content (AvgIpc) is 2.10. The van der Waals surface area contributed by atoms with Gasteiger partial charge in [-0.25, -0.2) is 0 Å². The Morgan fingerprint density at radius 3 is 2.36 bits per heavy atom. The van der Waals surface area contributed by atoms with Crippen molar-refractivity contribution < 1.29 is 21.9 Å². The molecule has 0 aromatic heterocycles. The molecule has 0 aliphatic carbocycles. The molecule has 0 fully saturated rings. The van der Waals surface area contributed by atoms with E-state index in [1.165, 1.54) is 0 Å². The molecule has 0 heterocycles. The van der Waals surface area contributed by atoms with Gasteiger partial charge in [0.05, 0.1) is 6.61 Å². The van der Waals surface area contributed by atoms with E-state index in [-0.39, 0.29) is 35.5 Å². The van der Waals surface area contributed by atoms with Gasteiger partial charge in [0.2, 0.25) is 0 Å². The van der Waals surface area contributed by atoms with Crippen LogP contribution in [-0.4, -0.2) is 43.1 Å². The molecule has 0 N–H and O–H groups in total. The second kappa shape index (κ2) is 19.3. The molecular weight excluding hydrogens is 212 g/mol. The first-order valence-electron chi connectivity index (χ1n) is 4.51. The predicted molar refractivity (Wildman–Crippen MR) is 56.5 cm³/mol. The maximum Gasteiger partial charge on any atom is 2.00 e. The van der Waals surface area contributed by atoms with E-state index in [0.717, 1.165) is 32.5 Å². The van der Waals surface area contributed by atoms with Crippen LogP contribution in [0.1, 0.15) is 26.2 Å². The first-order valence-corrected chi connectivity index (χ1v) is 4.51. The minimum atomic E-state index is 0. The van der Waals surface area contributed by atoms with Crippen molar-refractivity contribution in [3.63, 3.8) is 0 Å². The number of hydrogen-bond donors (Lipinski definition) is 0. The number of halogens is 1. The summed E-state index contributed by atoms with van der Waals surface area (Å²) >= 11 is 0. The zero-order valence-corrected chi connectivity index (χ0v) is 11.2. The monoisotopic (exact) mass is 230 g/mol. The maximum atomic E-state index is 5.19. The third-order valence-corrected chi connectivity index (χ3v) is 1.28. The SMILES string of the molecule is [CH2-]C/C=C/CCOCOCCC.[Cl-].[Mg+2]. The number of hydrogen-bond acceptors (Lipinski definition) is 2. The molecule has 0 saturated heterocycles. The fraction of sp³-hybridized carbons (Fsp3) is 0.700. The van der Waals surface area contributed by atoms with Gasteiger partial charge in [-0.3, -0.25) is 0 Å². The van der Waals surface area contributed by atoms with E-state index in [9.17, 15) is 0 Å². The van der Waals surface area contributed by atoms with Gasteiger partial charge in [0.25, 0.3) is 0 Å². The van der Waals surface area contributed by atoms with E-state index in [0.29, 0.717) is 6.79 Å². The molecule has 0 amide bonds. The Labute approximate surface area is 110 Å². The van der Waals surface area contributed by atoms with E-state index < -0.39 is 0 Å². The van der Waals surface area contributed by atoms with Gasteiger partial charge in [-0.05, 0) is 12.8 Å². The summed E-state index contributed by atoms with van der Waals surface area (Å²) in [6.07, 6.45) is 6.96. The van der Waals surface area contributed by atoms with E-state index in [1.54, 1.807) is 0 Å². The molecule has 0 bridgehead atoms. The van der Waals surface area contributed by atoms with Crippen molar-refractivity contribution in [1.82, 2.24) is 0 Å². The minimum absolute atomic E-state index is 0. The fourth-order valence-corrected chi connectivity index (χ4v) is 0.708. The van der Waals surface area contributed by atoms with Gasteiger partial charge in [-0.15, -0.1) is 6.08 Å². The Morgan fingerprint density at radius 1 is 1.14 bits per heavy atom. The summed E-state index contributed by atoms with van der Waals surface area (Å²) in [6, 6.07) is 0. The third-order valence-electron chi connectivity index (χ3n) is 1.28. The van der Waals surface area contributed by atoms with Gasteiger partial charge in [-0.1, -0.05) is 13.0 Å². The van der Waals surface area contributed by atoms with Crippen LogP contribution in [0.15, 0.2) is 12.2 Å². The summed E-state index contributed by atoms with van der Waals surface area (Å²) in [5.74, 6) is 0. The standard InChI is InChI=1S/C10H19O2.ClH.Mg/c1-3-5-6-7-9-12-10-11-8-4-2;;/h5-6H,1,3-4,7-10H2,2H3;1H;/q-1;;+2/p-1/b6-5+;;. The molecule has 0 aliphatic rings. The van der Waals surface area contributed by atoms with Crippen LogP contribution in [0, 0.1) is 6.92 Å². The molecule has 2 nitrogen and oxygen atoms in total. The number of rotatable bonds is 8. The maximum absolute atomic E-state index is 5.19. The second-order valence-electron chi connectivity index (χ2n) is 2.48. The van der Waals surface area contributed by atoms with Gasteiger partial charge in [-0.2, -0.15) is 6.42 Å². The van der Waals surface area contributed by atoms with Crippen LogP contribution in [-0.2, 0) is 9.47 Å². The first-order chi connectivity index (χ1) is 5.91. The van der Waals surface area contributed by atoms with Crippen LogP contribution in [0.2, 0.25) is 0 Å². The van der Waals surface area contributed by atoms with Gasteiger partial charge in [0.15, 0.2) is 0 Å². The molecule has 0 rings (SSSR count). The smallest absolute Gasteiger partial charge is 1.00 e. The number of ether oxygens (including phenoxy) is 2. The summed E-state index contributed by atoms with van der Waals surface area (Å²) in [4.78, 5) is 0. The Kier molecular flexibility index (Phi) is 27.8. The molecule has 80 valence electrons. The summed E-state index contributed by atoms with van der Waals surface area (Å²) in [7, 11) is 0. The van der Waals surface area contributed by atoms with E-state index >= 15 is 0 Å². The van der Waals surface area contributed by atoms with Crippen molar-refractivity contribution in [3.8, 4) is 0 Å². The normalized spacial score (nSPS) is 9.57. The van der Waals surface area contributed by atoms with Crippen LogP contribution in [0.3, 0.4) is 0 Å². The third kappa shape index (κ3) is 18.5. The summed E-state index contributed by atoms with van der Waals surface area (Å²) in [5, 5.41) is 0. The Morgan fingerprint density at radius 2 is 1.79 bits per heavy atom. The van der Waals surface area contributed by atoms with Crippen LogP contribution in [0.5, 0.6) is 0 Å². The van der Waals surface area contributed by atoms with Crippen LogP contribution in [0.25, 0.3) is 0 Å². The molecule has 4 heteroatoms. The molecular formula is C10H19ClMgO2. The van der Waals surface area contributed by atoms with Crippen molar-refractivity contribution in [3.05, 3.63) is 19.1 Å². The van der Waals surface area contributed by atoms with Crippen molar-refractivity contribution in [2.75, 3.05) is 20.0 Å². The molecule has 0 aromatic carbocycles. The molecule has 0 spiro atoms. The average molecular weight is 231 g/mol. The first kappa shape index (κ1) is 20.2. The molecule has 0 radical (unpaired) electrons. The van der Waals surface area contributed by atoms with Crippen molar-refractivity contribution in [2.24, 2.45) is 0 Å². The Bertz CT molecular complexity index is 110. The zero-order chi connectivity index (χ0) is 9.07. The van der Waals surface area contributed by atoms with E-state index in [4.69, 9.17) is 9.47 Å². The molecule has 0 aromatic rings. The summed E-state index contributed by atoms with van der Waals surface area (Å²) in [5.41, 5.74) is 0. The van der Waals surface area contributed by atoms with Crippen molar-refractivity contribution >= 4 is 23.1 Å². The summed E-state index contributed by atoms with van der Waals surface area (Å²) in [6.45, 7) is 7.72. The second-order valence-corrected chi connectivity index (χ2v) is 2.48. The van der Waals surface area contributed by atoms with Gasteiger partial charge < -0.3 is 28.8 Å². The topological polar surface area (TPSA) is 18.5 Å². The fourth-order valence-electron chi connectivity index (χ4n) is 0.708. The summed E-state index contributed by atoms with van der Waals surface area (Å²) < 4.78 is 10.3. The molecule has 0 aliphatic heterocycles.